The predicted octanol–water partition coefficient (Wildman–Crippen LogP) is 3.83. The topological polar surface area (TPSA) is 9.23 Å². The molecule has 0 amide bonds. The van der Waals surface area contributed by atoms with E-state index in [-0.39, 0.29) is 10.9 Å². The molecule has 1 saturated heterocycles. The molecule has 16 heavy (non-hydrogen) atoms. The van der Waals surface area contributed by atoms with Gasteiger partial charge >= 0.3 is 0 Å². The van der Waals surface area contributed by atoms with Gasteiger partial charge in [0.05, 0.1) is 6.10 Å². The maximum Gasteiger partial charge on any atom is 0.159 e. The lowest BCUT2D eigenvalue weighted by Crippen LogP contribution is -2.16. The molecule has 0 saturated carbocycles. The Bertz CT molecular complexity index is 383. The SMILES string of the molecule is CC1OCCC1C(Br)c1ccc(F)c(F)c1. The van der Waals surface area contributed by atoms with Crippen LogP contribution in [0.25, 0.3) is 0 Å². The Kier molecular flexibility index (Phi) is 3.60. The predicted molar refractivity (Wildman–Crippen MR) is 61.5 cm³/mol. The van der Waals surface area contributed by atoms with Crippen LogP contribution in [0.4, 0.5) is 8.78 Å². The van der Waals surface area contributed by atoms with Crippen molar-refractivity contribution in [2.75, 3.05) is 6.61 Å². The molecule has 1 fully saturated rings. The zero-order valence-corrected chi connectivity index (χ0v) is 10.5. The van der Waals surface area contributed by atoms with Gasteiger partial charge in [0.2, 0.25) is 0 Å². The summed E-state index contributed by atoms with van der Waals surface area (Å²) in [5, 5.41) is 0. The van der Waals surface area contributed by atoms with Crippen molar-refractivity contribution >= 4 is 15.9 Å². The molecule has 1 aliphatic heterocycles. The molecular weight excluding hydrogens is 278 g/mol. The molecule has 1 nitrogen and oxygen atoms in total. The fourth-order valence-electron chi connectivity index (χ4n) is 2.06. The minimum Gasteiger partial charge on any atom is -0.378 e. The number of benzene rings is 1. The van der Waals surface area contributed by atoms with Crippen LogP contribution in [-0.2, 0) is 4.74 Å². The Morgan fingerprint density at radius 2 is 2.12 bits per heavy atom. The van der Waals surface area contributed by atoms with Gasteiger partial charge in [-0.05, 0) is 31.0 Å². The van der Waals surface area contributed by atoms with E-state index in [2.05, 4.69) is 15.9 Å². The summed E-state index contributed by atoms with van der Waals surface area (Å²) in [5.41, 5.74) is 0.765. The number of rotatable bonds is 2. The van der Waals surface area contributed by atoms with Gasteiger partial charge in [0.25, 0.3) is 0 Å². The van der Waals surface area contributed by atoms with Crippen molar-refractivity contribution in [1.82, 2.24) is 0 Å². The maximum absolute atomic E-state index is 13.1. The van der Waals surface area contributed by atoms with Gasteiger partial charge < -0.3 is 4.74 Å². The first-order valence-corrected chi connectivity index (χ1v) is 6.22. The van der Waals surface area contributed by atoms with E-state index in [1.54, 1.807) is 6.07 Å². The lowest BCUT2D eigenvalue weighted by atomic mass is 9.94. The molecule has 0 aromatic heterocycles. The van der Waals surface area contributed by atoms with Crippen LogP contribution in [0, 0.1) is 17.6 Å². The van der Waals surface area contributed by atoms with Crippen LogP contribution < -0.4 is 0 Å². The van der Waals surface area contributed by atoms with Crippen molar-refractivity contribution in [3.63, 3.8) is 0 Å². The fourth-order valence-corrected chi connectivity index (χ4v) is 3.04. The number of alkyl halides is 1. The molecule has 0 bridgehead atoms. The number of hydrogen-bond acceptors (Lipinski definition) is 1. The summed E-state index contributed by atoms with van der Waals surface area (Å²) in [6, 6.07) is 4.03. The number of hydrogen-bond donors (Lipinski definition) is 0. The lowest BCUT2D eigenvalue weighted by molar-refractivity contribution is 0.105. The summed E-state index contributed by atoms with van der Waals surface area (Å²) in [6.45, 7) is 2.74. The Labute approximate surface area is 102 Å². The van der Waals surface area contributed by atoms with Crippen LogP contribution in [0.15, 0.2) is 18.2 Å². The molecule has 0 N–H and O–H groups in total. The normalized spacial score (nSPS) is 27.0. The van der Waals surface area contributed by atoms with Gasteiger partial charge in [-0.25, -0.2) is 8.78 Å². The molecule has 3 unspecified atom stereocenters. The molecule has 1 aromatic carbocycles. The highest BCUT2D eigenvalue weighted by molar-refractivity contribution is 9.09. The van der Waals surface area contributed by atoms with Gasteiger partial charge in [-0.15, -0.1) is 0 Å². The summed E-state index contributed by atoms with van der Waals surface area (Å²) in [6.07, 6.45) is 1.09. The van der Waals surface area contributed by atoms with Crippen molar-refractivity contribution in [2.45, 2.75) is 24.3 Å². The van der Waals surface area contributed by atoms with E-state index >= 15 is 0 Å². The summed E-state index contributed by atoms with van der Waals surface area (Å²) >= 11 is 3.54. The molecule has 0 aliphatic carbocycles. The smallest absolute Gasteiger partial charge is 0.159 e. The zero-order valence-electron chi connectivity index (χ0n) is 8.92. The van der Waals surface area contributed by atoms with Crippen LogP contribution >= 0.6 is 15.9 Å². The Morgan fingerprint density at radius 1 is 1.38 bits per heavy atom. The van der Waals surface area contributed by atoms with Crippen molar-refractivity contribution in [3.05, 3.63) is 35.4 Å². The molecule has 3 atom stereocenters. The first kappa shape index (κ1) is 12.0. The molecule has 1 aliphatic rings. The van der Waals surface area contributed by atoms with Crippen LogP contribution in [0.1, 0.15) is 23.7 Å². The minimum absolute atomic E-state index is 0.0140. The summed E-state index contributed by atoms with van der Waals surface area (Å²) < 4.78 is 31.4. The van der Waals surface area contributed by atoms with E-state index in [1.165, 1.54) is 12.1 Å². The van der Waals surface area contributed by atoms with Gasteiger partial charge in [0, 0.05) is 17.4 Å². The third-order valence-electron chi connectivity index (χ3n) is 3.07. The molecule has 2 rings (SSSR count). The molecular formula is C12H13BrF2O. The van der Waals surface area contributed by atoms with Crippen molar-refractivity contribution in [2.24, 2.45) is 5.92 Å². The minimum atomic E-state index is -0.806. The summed E-state index contributed by atoms with van der Waals surface area (Å²) in [5.74, 6) is -1.29. The highest BCUT2D eigenvalue weighted by atomic mass is 79.9. The second-order valence-electron chi connectivity index (χ2n) is 4.10. The van der Waals surface area contributed by atoms with E-state index in [4.69, 9.17) is 4.74 Å². The molecule has 1 aromatic rings. The Morgan fingerprint density at radius 3 is 2.69 bits per heavy atom. The highest BCUT2D eigenvalue weighted by Gasteiger charge is 2.31. The quantitative estimate of drug-likeness (QED) is 0.753. The fraction of sp³-hybridized carbons (Fsp3) is 0.500. The van der Waals surface area contributed by atoms with E-state index in [9.17, 15) is 8.78 Å². The largest absolute Gasteiger partial charge is 0.378 e. The molecule has 0 spiro atoms. The van der Waals surface area contributed by atoms with E-state index in [1.807, 2.05) is 6.92 Å². The summed E-state index contributed by atoms with van der Waals surface area (Å²) in [4.78, 5) is 0.0140. The van der Waals surface area contributed by atoms with Gasteiger partial charge in [-0.3, -0.25) is 0 Å². The van der Waals surface area contributed by atoms with Gasteiger partial charge in [0.15, 0.2) is 11.6 Å². The average molecular weight is 291 g/mol. The monoisotopic (exact) mass is 290 g/mol. The standard InChI is InChI=1S/C12H13BrF2O/c1-7-9(4-5-16-7)12(13)8-2-3-10(14)11(15)6-8/h2-3,6-7,9,12H,4-5H2,1H3. The number of halogens is 3. The second-order valence-corrected chi connectivity index (χ2v) is 5.09. The summed E-state index contributed by atoms with van der Waals surface area (Å²) in [7, 11) is 0. The van der Waals surface area contributed by atoms with Crippen LogP contribution in [-0.4, -0.2) is 12.7 Å². The van der Waals surface area contributed by atoms with Gasteiger partial charge in [-0.2, -0.15) is 0 Å². The van der Waals surface area contributed by atoms with E-state index < -0.39 is 11.6 Å². The van der Waals surface area contributed by atoms with Crippen LogP contribution in [0.5, 0.6) is 0 Å². The van der Waals surface area contributed by atoms with Gasteiger partial charge in [0.1, 0.15) is 0 Å². The van der Waals surface area contributed by atoms with E-state index in [0.717, 1.165) is 18.6 Å². The van der Waals surface area contributed by atoms with Crippen molar-refractivity contribution in [3.8, 4) is 0 Å². The van der Waals surface area contributed by atoms with Crippen LogP contribution in [0.2, 0.25) is 0 Å². The van der Waals surface area contributed by atoms with E-state index in [0.29, 0.717) is 5.92 Å². The van der Waals surface area contributed by atoms with Gasteiger partial charge in [-0.1, -0.05) is 22.0 Å². The van der Waals surface area contributed by atoms with Crippen molar-refractivity contribution in [1.29, 1.82) is 0 Å². The first-order valence-electron chi connectivity index (χ1n) is 5.30. The first-order chi connectivity index (χ1) is 7.59. The third kappa shape index (κ3) is 2.28. The second kappa shape index (κ2) is 4.80. The molecule has 4 heteroatoms. The maximum atomic E-state index is 13.1. The highest BCUT2D eigenvalue weighted by Crippen LogP contribution is 2.39. The average Bonchev–Trinajstić information content (AvgIpc) is 2.67. The van der Waals surface area contributed by atoms with Crippen LogP contribution in [0.3, 0.4) is 0 Å². The third-order valence-corrected chi connectivity index (χ3v) is 4.28. The Balaban J connectivity index is 2.20. The number of ether oxygens (including phenoxy) is 1. The Hall–Kier alpha value is -0.480. The molecule has 88 valence electrons. The zero-order chi connectivity index (χ0) is 11.7. The molecule has 1 heterocycles. The van der Waals surface area contributed by atoms with Crippen molar-refractivity contribution < 1.29 is 13.5 Å². The molecule has 0 radical (unpaired) electrons. The lowest BCUT2D eigenvalue weighted by Gasteiger charge is -2.20.